The summed E-state index contributed by atoms with van der Waals surface area (Å²) in [6.07, 6.45) is 1.37. The molecule has 150 valence electrons. The van der Waals surface area contributed by atoms with Crippen LogP contribution in [-0.2, 0) is 4.74 Å². The van der Waals surface area contributed by atoms with E-state index in [2.05, 4.69) is 9.72 Å². The van der Waals surface area contributed by atoms with Gasteiger partial charge < -0.3 is 4.74 Å². The number of benzene rings is 1. The summed E-state index contributed by atoms with van der Waals surface area (Å²) in [5.41, 5.74) is -0.231. The molecule has 0 radical (unpaired) electrons. The number of halogens is 8. The number of hydrogen-bond acceptors (Lipinski definition) is 3. The summed E-state index contributed by atoms with van der Waals surface area (Å²) < 4.78 is 68.1. The molecule has 1 aromatic heterocycles. The van der Waals surface area contributed by atoms with E-state index in [-0.39, 0.29) is 17.7 Å². The summed E-state index contributed by atoms with van der Waals surface area (Å²) in [6, 6.07) is 3.97. The minimum absolute atomic E-state index is 0.0221. The van der Waals surface area contributed by atoms with Crippen LogP contribution in [0.25, 0.3) is 11.1 Å². The van der Waals surface area contributed by atoms with Crippen molar-refractivity contribution in [3.63, 3.8) is 0 Å². The average molecular weight is 472 g/mol. The van der Waals surface area contributed by atoms with Crippen molar-refractivity contribution >= 4 is 56.8 Å². The lowest BCUT2D eigenvalue weighted by Crippen LogP contribution is -2.21. The fourth-order valence-electron chi connectivity index (χ4n) is 1.94. The Bertz CT molecular complexity index is 861. The zero-order valence-electron chi connectivity index (χ0n) is 12.9. The molecule has 2 rings (SSSR count). The van der Waals surface area contributed by atoms with Crippen LogP contribution in [0.3, 0.4) is 0 Å². The molecule has 0 aliphatic rings. The molecule has 0 fully saturated rings. The van der Waals surface area contributed by atoms with Gasteiger partial charge in [0.1, 0.15) is 11.5 Å². The Balaban J connectivity index is 2.46. The van der Waals surface area contributed by atoms with Crippen molar-refractivity contribution in [1.82, 2.24) is 4.98 Å². The third-order valence-electron chi connectivity index (χ3n) is 3.03. The first-order valence-corrected chi connectivity index (χ1v) is 9.93. The van der Waals surface area contributed by atoms with E-state index in [1.807, 2.05) is 5.32 Å². The Morgan fingerprint density at radius 3 is 2.19 bits per heavy atom. The lowest BCUT2D eigenvalue weighted by atomic mass is 10.1. The number of nitrogens with one attached hydrogen (secondary N) is 1. The van der Waals surface area contributed by atoms with Crippen LogP contribution in [0.15, 0.2) is 47.6 Å². The fraction of sp³-hybridized carbons (Fsp3) is 0.143. The number of carbonyl (C=O) groups is 1. The highest BCUT2D eigenvalue weighted by molar-refractivity contribution is 8.45. The molecule has 0 saturated heterocycles. The van der Waals surface area contributed by atoms with E-state index >= 15 is 0 Å². The first-order chi connectivity index (χ1) is 12.0. The molecule has 0 atom stereocenters. The van der Waals surface area contributed by atoms with Gasteiger partial charge in [-0.25, -0.2) is 4.79 Å². The van der Waals surface area contributed by atoms with Crippen LogP contribution in [0.2, 0.25) is 0 Å². The monoisotopic (exact) mass is 470 g/mol. The normalized spacial score (nSPS) is 14.8. The van der Waals surface area contributed by atoms with Gasteiger partial charge in [0.05, 0.1) is 5.69 Å². The Labute approximate surface area is 165 Å². The third kappa shape index (κ3) is 6.56. The number of amides is 1. The highest BCUT2D eigenvalue weighted by Crippen LogP contribution is 3.02. The van der Waals surface area contributed by atoms with Crippen LogP contribution < -0.4 is 5.32 Å². The minimum atomic E-state index is -9.97. The number of ether oxygens (including phenoxy) is 1. The van der Waals surface area contributed by atoms with Gasteiger partial charge in [0.2, 0.25) is 3.79 Å². The third-order valence-corrected chi connectivity index (χ3v) is 4.50. The summed E-state index contributed by atoms with van der Waals surface area (Å²) in [6.45, 7) is -0.713. The van der Waals surface area contributed by atoms with E-state index in [1.165, 1.54) is 24.5 Å². The maximum atomic E-state index is 13.1. The summed E-state index contributed by atoms with van der Waals surface area (Å²) in [5.74, 6) is 0. The number of hydrogen-bond donors (Lipinski definition) is 1. The number of pyridine rings is 1. The van der Waals surface area contributed by atoms with Crippen molar-refractivity contribution in [1.29, 1.82) is 0 Å². The zero-order chi connectivity index (χ0) is 20.6. The predicted molar refractivity (Wildman–Crippen MR) is 96.3 cm³/mol. The summed E-state index contributed by atoms with van der Waals surface area (Å²) in [5, 5.41) is 1.96. The molecule has 0 spiro atoms. The largest absolute Gasteiger partial charge is 0.445 e. The molecule has 2 aromatic rings. The quantitative estimate of drug-likeness (QED) is 0.375. The first kappa shape index (κ1) is 21.8. The van der Waals surface area contributed by atoms with Gasteiger partial charge in [-0.05, 0) is 29.8 Å². The Kier molecular flexibility index (Phi) is 5.28. The van der Waals surface area contributed by atoms with Gasteiger partial charge in [-0.15, -0.1) is 0 Å². The summed E-state index contributed by atoms with van der Waals surface area (Å²) in [4.78, 5) is 13.4. The van der Waals surface area contributed by atoms with Gasteiger partial charge >= 0.3 is 16.3 Å². The van der Waals surface area contributed by atoms with Crippen molar-refractivity contribution in [3.05, 3.63) is 42.7 Å². The predicted octanol–water partition coefficient (Wildman–Crippen LogP) is 7.32. The Morgan fingerprint density at radius 1 is 1.07 bits per heavy atom. The van der Waals surface area contributed by atoms with E-state index in [0.717, 1.165) is 6.07 Å². The van der Waals surface area contributed by atoms with Crippen molar-refractivity contribution in [2.75, 3.05) is 11.9 Å². The highest BCUT2D eigenvalue weighted by Gasteiger charge is 2.65. The second kappa shape index (κ2) is 6.54. The van der Waals surface area contributed by atoms with Crippen molar-refractivity contribution < 1.29 is 29.0 Å². The van der Waals surface area contributed by atoms with E-state index in [1.54, 1.807) is 0 Å². The molecule has 1 aromatic carbocycles. The van der Waals surface area contributed by atoms with E-state index in [4.69, 9.17) is 34.8 Å². The zero-order valence-corrected chi connectivity index (χ0v) is 16.0. The molecule has 0 unspecified atom stereocenters. The van der Waals surface area contributed by atoms with Crippen LogP contribution in [0.1, 0.15) is 0 Å². The molecule has 27 heavy (non-hydrogen) atoms. The van der Waals surface area contributed by atoms with Gasteiger partial charge in [-0.2, -0.15) is 0 Å². The molecule has 0 aliphatic carbocycles. The number of nitrogens with zero attached hydrogens (tertiary/aromatic N) is 1. The van der Waals surface area contributed by atoms with E-state index < -0.39 is 37.3 Å². The lowest BCUT2D eigenvalue weighted by molar-refractivity contribution is 0.164. The number of aromatic nitrogens is 1. The van der Waals surface area contributed by atoms with Crippen molar-refractivity contribution in [2.45, 2.75) is 8.69 Å². The molecule has 4 nitrogen and oxygen atoms in total. The average Bonchev–Trinajstić information content (AvgIpc) is 2.51. The number of alkyl halides is 3. The molecule has 1 N–H and O–H groups in total. The molecule has 1 heterocycles. The second-order valence-corrected chi connectivity index (χ2v) is 10.2. The maximum absolute atomic E-state index is 13.1. The van der Waals surface area contributed by atoms with E-state index in [9.17, 15) is 24.2 Å². The van der Waals surface area contributed by atoms with Crippen LogP contribution in [-0.4, -0.2) is 21.5 Å². The minimum Gasteiger partial charge on any atom is -0.445 e. The molecule has 13 heteroatoms. The van der Waals surface area contributed by atoms with Gasteiger partial charge in [0, 0.05) is 18.0 Å². The fourth-order valence-corrected chi connectivity index (χ4v) is 2.77. The molecule has 0 aliphatic heterocycles. The van der Waals surface area contributed by atoms with Crippen LogP contribution >= 0.6 is 45.0 Å². The highest BCUT2D eigenvalue weighted by atomic mass is 35.6. The number of anilines is 1. The maximum Gasteiger partial charge on any atom is 0.411 e. The van der Waals surface area contributed by atoms with Gasteiger partial charge in [-0.1, -0.05) is 60.3 Å². The number of rotatable bonds is 4. The molecule has 1 amide bonds. The summed E-state index contributed by atoms with van der Waals surface area (Å²) >= 11 is 16.2. The van der Waals surface area contributed by atoms with Crippen LogP contribution in [0, 0.1) is 0 Å². The molecular formula is C14H10Cl3F5N2O2S. The van der Waals surface area contributed by atoms with Crippen molar-refractivity contribution in [2.24, 2.45) is 0 Å². The topological polar surface area (TPSA) is 51.2 Å². The van der Waals surface area contributed by atoms with E-state index in [0.29, 0.717) is 5.56 Å². The SMILES string of the molecule is O=C(Nc1cc(S(F)(F)(F)(F)F)ccc1-c1ccncc1)OCC(Cl)(Cl)Cl. The second-order valence-electron chi connectivity index (χ2n) is 5.23. The van der Waals surface area contributed by atoms with Crippen LogP contribution in [0.4, 0.5) is 29.9 Å². The Morgan fingerprint density at radius 2 is 1.67 bits per heavy atom. The molecular weight excluding hydrogens is 462 g/mol. The smallest absolute Gasteiger partial charge is 0.411 e. The molecule has 0 bridgehead atoms. The number of carbonyl (C=O) groups excluding carboxylic acids is 1. The van der Waals surface area contributed by atoms with Gasteiger partial charge in [0.15, 0.2) is 0 Å². The standard InChI is InChI=1S/C14H10Cl3F5N2O2S/c15-14(16,17)8-26-13(25)24-12-7-10(27(18,19,20,21)22)1-2-11(12)9-3-5-23-6-4-9/h1-7H,8H2,(H,24,25). The molecule has 0 saturated carbocycles. The van der Waals surface area contributed by atoms with Gasteiger partial charge in [-0.3, -0.25) is 10.3 Å². The van der Waals surface area contributed by atoms with Crippen molar-refractivity contribution in [3.8, 4) is 11.1 Å². The lowest BCUT2D eigenvalue weighted by Gasteiger charge is -2.40. The van der Waals surface area contributed by atoms with Gasteiger partial charge in [0.25, 0.3) is 0 Å². The Hall–Kier alpha value is -1.49. The first-order valence-electron chi connectivity index (χ1n) is 6.84. The summed E-state index contributed by atoms with van der Waals surface area (Å²) in [7, 11) is -9.97. The van der Waals surface area contributed by atoms with Crippen LogP contribution in [0.5, 0.6) is 0 Å².